The Hall–Kier alpha value is -1.13. The summed E-state index contributed by atoms with van der Waals surface area (Å²) in [6.45, 7) is 0. The first-order chi connectivity index (χ1) is 6.63. The number of carboxylic acids is 1. The maximum atomic E-state index is 10.5. The van der Waals surface area contributed by atoms with E-state index in [-0.39, 0.29) is 0 Å². The number of nitrogens with one attached hydrogen (secondary N) is 1. The van der Waals surface area contributed by atoms with Gasteiger partial charge < -0.3 is 16.2 Å². The van der Waals surface area contributed by atoms with Crippen molar-refractivity contribution in [2.45, 2.75) is 24.9 Å². The first-order valence-electron chi connectivity index (χ1n) is 4.68. The molecule has 0 amide bonds. The molecule has 1 aliphatic carbocycles. The second-order valence-electron chi connectivity index (χ2n) is 3.40. The van der Waals surface area contributed by atoms with Crippen LogP contribution in [-0.2, 0) is 4.79 Å². The van der Waals surface area contributed by atoms with E-state index >= 15 is 0 Å². The predicted octanol–water partition coefficient (Wildman–Crippen LogP) is 0.263. The summed E-state index contributed by atoms with van der Waals surface area (Å²) in [5.74, 6) is -0.985. The molecule has 1 unspecified atom stereocenters. The molecule has 0 radical (unpaired) electrons. The van der Waals surface area contributed by atoms with Crippen molar-refractivity contribution in [3.63, 3.8) is 0 Å². The highest BCUT2D eigenvalue weighted by molar-refractivity contribution is 5.75. The van der Waals surface area contributed by atoms with Crippen LogP contribution in [0.4, 0.5) is 0 Å². The minimum atomic E-state index is -0.985. The Kier molecular flexibility index (Phi) is 3.85. The van der Waals surface area contributed by atoms with E-state index in [1.54, 1.807) is 6.08 Å². The van der Waals surface area contributed by atoms with Crippen molar-refractivity contribution < 1.29 is 9.90 Å². The van der Waals surface area contributed by atoms with Gasteiger partial charge in [-0.2, -0.15) is 0 Å². The average molecular weight is 196 g/mol. The summed E-state index contributed by atoms with van der Waals surface area (Å²) in [6.07, 6.45) is 7.44. The van der Waals surface area contributed by atoms with Crippen LogP contribution in [0.5, 0.6) is 0 Å². The molecular formula is C10H16N2O2. The van der Waals surface area contributed by atoms with E-state index in [4.69, 9.17) is 10.8 Å². The highest BCUT2D eigenvalue weighted by Gasteiger charge is 2.12. The zero-order chi connectivity index (χ0) is 10.6. The van der Waals surface area contributed by atoms with Gasteiger partial charge in [-0.05, 0) is 19.9 Å². The van der Waals surface area contributed by atoms with E-state index in [9.17, 15) is 4.79 Å². The average Bonchev–Trinajstić information content (AvgIpc) is 2.19. The monoisotopic (exact) mass is 196 g/mol. The standard InChI is InChI=1S/C10H16N2O2/c1-12-8-4-2-7(3-5-8)6-9(11)10(13)14/h2,4,6,8-9,12H,3,5,11H2,1H3,(H,13,14)/t8-,9?/m0/s1. The van der Waals surface area contributed by atoms with E-state index in [1.807, 2.05) is 19.2 Å². The number of rotatable bonds is 3. The molecule has 14 heavy (non-hydrogen) atoms. The molecule has 1 rings (SSSR count). The molecule has 4 N–H and O–H groups in total. The van der Waals surface area contributed by atoms with Crippen molar-refractivity contribution in [3.05, 3.63) is 23.8 Å². The molecule has 4 heteroatoms. The van der Waals surface area contributed by atoms with Crippen LogP contribution in [-0.4, -0.2) is 30.2 Å². The minimum Gasteiger partial charge on any atom is -0.480 e. The number of hydrogen-bond acceptors (Lipinski definition) is 3. The maximum Gasteiger partial charge on any atom is 0.324 e. The highest BCUT2D eigenvalue weighted by atomic mass is 16.4. The van der Waals surface area contributed by atoms with Crippen LogP contribution in [0.15, 0.2) is 23.8 Å². The SMILES string of the molecule is CN[C@H]1C=CC(=CC(N)C(=O)O)CC1. The maximum absolute atomic E-state index is 10.5. The van der Waals surface area contributed by atoms with Crippen molar-refractivity contribution in [1.82, 2.24) is 5.32 Å². The summed E-state index contributed by atoms with van der Waals surface area (Å²) in [6, 6.07) is -0.492. The Bertz CT molecular complexity index is 271. The van der Waals surface area contributed by atoms with Gasteiger partial charge in [0.05, 0.1) is 0 Å². The van der Waals surface area contributed by atoms with E-state index < -0.39 is 12.0 Å². The molecule has 0 spiro atoms. The molecule has 1 aliphatic rings. The second-order valence-corrected chi connectivity index (χ2v) is 3.40. The lowest BCUT2D eigenvalue weighted by Crippen LogP contribution is -2.29. The second kappa shape index (κ2) is 4.93. The Morgan fingerprint density at radius 2 is 2.57 bits per heavy atom. The topological polar surface area (TPSA) is 75.3 Å². The van der Waals surface area contributed by atoms with Crippen molar-refractivity contribution in [2.75, 3.05) is 7.05 Å². The molecule has 0 bridgehead atoms. The largest absolute Gasteiger partial charge is 0.480 e. The molecule has 0 fully saturated rings. The Morgan fingerprint density at radius 1 is 1.86 bits per heavy atom. The molecule has 0 aromatic heterocycles. The third-order valence-electron chi connectivity index (χ3n) is 2.34. The summed E-state index contributed by atoms with van der Waals surface area (Å²) in [5, 5.41) is 11.7. The number of allylic oxidation sites excluding steroid dienone is 2. The third kappa shape index (κ3) is 2.97. The van der Waals surface area contributed by atoms with Crippen LogP contribution in [0.25, 0.3) is 0 Å². The van der Waals surface area contributed by atoms with E-state index in [0.717, 1.165) is 18.4 Å². The van der Waals surface area contributed by atoms with Gasteiger partial charge in [-0.25, -0.2) is 0 Å². The number of likely N-dealkylation sites (N-methyl/N-ethyl adjacent to an activating group) is 1. The van der Waals surface area contributed by atoms with Crippen LogP contribution in [0, 0.1) is 0 Å². The van der Waals surface area contributed by atoms with Gasteiger partial charge >= 0.3 is 5.97 Å². The molecule has 2 atom stereocenters. The van der Waals surface area contributed by atoms with Crippen LogP contribution in [0.2, 0.25) is 0 Å². The van der Waals surface area contributed by atoms with Crippen molar-refractivity contribution >= 4 is 5.97 Å². The van der Waals surface area contributed by atoms with Crippen LogP contribution >= 0.6 is 0 Å². The molecule has 0 saturated heterocycles. The quantitative estimate of drug-likeness (QED) is 0.605. The Labute approximate surface area is 83.5 Å². The Morgan fingerprint density at radius 3 is 3.00 bits per heavy atom. The summed E-state index contributed by atoms with van der Waals surface area (Å²) >= 11 is 0. The van der Waals surface area contributed by atoms with Gasteiger partial charge in [-0.1, -0.05) is 23.8 Å². The van der Waals surface area contributed by atoms with Crippen LogP contribution in [0.3, 0.4) is 0 Å². The number of hydrogen-bond donors (Lipinski definition) is 3. The lowest BCUT2D eigenvalue weighted by atomic mass is 9.97. The van der Waals surface area contributed by atoms with E-state index in [1.165, 1.54) is 0 Å². The lowest BCUT2D eigenvalue weighted by molar-refractivity contribution is -0.137. The first-order valence-corrected chi connectivity index (χ1v) is 4.68. The number of aliphatic carboxylic acids is 1. The summed E-state index contributed by atoms with van der Waals surface area (Å²) in [5.41, 5.74) is 6.39. The van der Waals surface area contributed by atoms with Crippen molar-refractivity contribution in [3.8, 4) is 0 Å². The minimum absolute atomic E-state index is 0.396. The van der Waals surface area contributed by atoms with E-state index in [2.05, 4.69) is 5.32 Å². The Balaban J connectivity index is 2.60. The van der Waals surface area contributed by atoms with Gasteiger partial charge in [0, 0.05) is 6.04 Å². The fourth-order valence-electron chi connectivity index (χ4n) is 1.42. The third-order valence-corrected chi connectivity index (χ3v) is 2.34. The zero-order valence-electron chi connectivity index (χ0n) is 8.23. The van der Waals surface area contributed by atoms with Gasteiger partial charge in [0.1, 0.15) is 6.04 Å². The number of nitrogens with two attached hydrogens (primary N) is 1. The predicted molar refractivity (Wildman–Crippen MR) is 54.9 cm³/mol. The van der Waals surface area contributed by atoms with Crippen LogP contribution in [0.1, 0.15) is 12.8 Å². The van der Waals surface area contributed by atoms with Crippen LogP contribution < -0.4 is 11.1 Å². The molecule has 0 aromatic carbocycles. The molecule has 0 heterocycles. The first kappa shape index (κ1) is 10.9. The summed E-state index contributed by atoms with van der Waals surface area (Å²) < 4.78 is 0. The van der Waals surface area contributed by atoms with E-state index in [0.29, 0.717) is 6.04 Å². The fourth-order valence-corrected chi connectivity index (χ4v) is 1.42. The van der Waals surface area contributed by atoms with Gasteiger partial charge in [-0.3, -0.25) is 4.79 Å². The molecule has 4 nitrogen and oxygen atoms in total. The van der Waals surface area contributed by atoms with Gasteiger partial charge in [-0.15, -0.1) is 0 Å². The molecule has 0 saturated carbocycles. The van der Waals surface area contributed by atoms with Gasteiger partial charge in [0.15, 0.2) is 0 Å². The lowest BCUT2D eigenvalue weighted by Gasteiger charge is -2.17. The number of carbonyl (C=O) groups is 1. The number of carboxylic acid groups (broad SMARTS) is 1. The highest BCUT2D eigenvalue weighted by Crippen LogP contribution is 2.16. The zero-order valence-corrected chi connectivity index (χ0v) is 8.23. The summed E-state index contributed by atoms with van der Waals surface area (Å²) in [4.78, 5) is 10.5. The summed E-state index contributed by atoms with van der Waals surface area (Å²) in [7, 11) is 1.91. The van der Waals surface area contributed by atoms with Crippen molar-refractivity contribution in [1.29, 1.82) is 0 Å². The molecule has 0 aliphatic heterocycles. The fraction of sp³-hybridized carbons (Fsp3) is 0.500. The molecule has 0 aromatic rings. The molecular weight excluding hydrogens is 180 g/mol. The normalized spacial score (nSPS) is 26.4. The van der Waals surface area contributed by atoms with Gasteiger partial charge in [0.25, 0.3) is 0 Å². The smallest absolute Gasteiger partial charge is 0.324 e. The molecule has 78 valence electrons. The van der Waals surface area contributed by atoms with Gasteiger partial charge in [0.2, 0.25) is 0 Å². The van der Waals surface area contributed by atoms with Crippen molar-refractivity contribution in [2.24, 2.45) is 5.73 Å².